The van der Waals surface area contributed by atoms with E-state index in [1.807, 2.05) is 0 Å². The van der Waals surface area contributed by atoms with Crippen molar-refractivity contribution in [1.29, 1.82) is 0 Å². The summed E-state index contributed by atoms with van der Waals surface area (Å²) in [4.78, 5) is 15.8. The van der Waals surface area contributed by atoms with E-state index in [1.54, 1.807) is 0 Å². The van der Waals surface area contributed by atoms with Gasteiger partial charge in [-0.15, -0.1) is 0 Å². The number of benzene rings is 1. The molecule has 0 spiro atoms. The molecule has 2 aromatic rings. The Bertz CT molecular complexity index is 584. The van der Waals surface area contributed by atoms with Crippen LogP contribution in [-0.2, 0) is 0 Å². The van der Waals surface area contributed by atoms with Gasteiger partial charge in [0.1, 0.15) is 11.5 Å². The Kier molecular flexibility index (Phi) is 2.97. The van der Waals surface area contributed by atoms with E-state index in [0.717, 1.165) is 0 Å². The first-order valence-electron chi connectivity index (χ1n) is 4.77. The number of halogens is 1. The van der Waals surface area contributed by atoms with Crippen molar-refractivity contribution < 1.29 is 15.0 Å². The van der Waals surface area contributed by atoms with Gasteiger partial charge in [-0.05, 0) is 30.3 Å². The maximum absolute atomic E-state index is 12.0. The molecule has 2 N–H and O–H groups in total. The molecule has 0 aliphatic carbocycles. The molecule has 1 aromatic carbocycles. The van der Waals surface area contributed by atoms with Gasteiger partial charge in [0.2, 0.25) is 5.78 Å². The fourth-order valence-electron chi connectivity index (χ4n) is 1.39. The molecule has 86 valence electrons. The van der Waals surface area contributed by atoms with E-state index in [0.29, 0.717) is 5.02 Å². The number of ketones is 1. The van der Waals surface area contributed by atoms with Crippen molar-refractivity contribution in [2.75, 3.05) is 0 Å². The number of nitrogens with zero attached hydrogens (tertiary/aromatic N) is 1. The zero-order valence-electron chi connectivity index (χ0n) is 8.59. The number of hydrogen-bond donors (Lipinski definition) is 2. The number of carbonyl (C=O) groups is 1. The van der Waals surface area contributed by atoms with Crippen molar-refractivity contribution in [3.63, 3.8) is 0 Å². The van der Waals surface area contributed by atoms with Gasteiger partial charge in [-0.3, -0.25) is 4.79 Å². The van der Waals surface area contributed by atoms with Crippen LogP contribution in [-0.4, -0.2) is 21.0 Å². The van der Waals surface area contributed by atoms with Crippen LogP contribution < -0.4 is 0 Å². The molecule has 0 unspecified atom stereocenters. The third-order valence-corrected chi connectivity index (χ3v) is 2.44. The van der Waals surface area contributed by atoms with E-state index < -0.39 is 5.78 Å². The van der Waals surface area contributed by atoms with E-state index in [9.17, 15) is 15.0 Å². The number of aromatic hydroxyl groups is 2. The Morgan fingerprint density at radius 2 is 1.94 bits per heavy atom. The van der Waals surface area contributed by atoms with Crippen molar-refractivity contribution in [3.8, 4) is 11.5 Å². The Hall–Kier alpha value is -2.07. The number of phenolic OH excluding ortho intramolecular Hbond substituents is 1. The molecule has 5 heteroatoms. The monoisotopic (exact) mass is 249 g/mol. The van der Waals surface area contributed by atoms with Crippen LogP contribution in [0.5, 0.6) is 11.5 Å². The molecule has 1 aromatic heterocycles. The molecule has 0 aliphatic heterocycles. The lowest BCUT2D eigenvalue weighted by atomic mass is 10.1. The molecule has 0 aliphatic rings. The predicted molar refractivity (Wildman–Crippen MR) is 62.5 cm³/mol. The van der Waals surface area contributed by atoms with Gasteiger partial charge in [-0.2, -0.15) is 0 Å². The Morgan fingerprint density at radius 3 is 2.65 bits per heavy atom. The quantitative estimate of drug-likeness (QED) is 0.802. The van der Waals surface area contributed by atoms with Crippen LogP contribution in [0.1, 0.15) is 16.1 Å². The SMILES string of the molecule is O=C(c1cc(Cl)ccc1O)c1ncccc1O. The van der Waals surface area contributed by atoms with Crippen molar-refractivity contribution in [2.24, 2.45) is 0 Å². The van der Waals surface area contributed by atoms with E-state index >= 15 is 0 Å². The molecular formula is C12H8ClNO3. The highest BCUT2D eigenvalue weighted by molar-refractivity contribution is 6.31. The molecule has 0 saturated carbocycles. The van der Waals surface area contributed by atoms with Crippen molar-refractivity contribution in [1.82, 2.24) is 4.98 Å². The Balaban J connectivity index is 2.51. The highest BCUT2D eigenvalue weighted by Crippen LogP contribution is 2.26. The van der Waals surface area contributed by atoms with Gasteiger partial charge in [-0.25, -0.2) is 4.98 Å². The van der Waals surface area contributed by atoms with Gasteiger partial charge < -0.3 is 10.2 Å². The largest absolute Gasteiger partial charge is 0.507 e. The minimum Gasteiger partial charge on any atom is -0.507 e. The first kappa shape index (κ1) is 11.4. The van der Waals surface area contributed by atoms with Gasteiger partial charge in [0.15, 0.2) is 5.69 Å². The standard InChI is InChI=1S/C12H8ClNO3/c13-7-3-4-9(15)8(6-7)12(17)11-10(16)2-1-5-14-11/h1-6,15-16H. The number of hydrogen-bond acceptors (Lipinski definition) is 4. The smallest absolute Gasteiger partial charge is 0.218 e. The van der Waals surface area contributed by atoms with Crippen LogP contribution in [0.4, 0.5) is 0 Å². The number of phenols is 1. The molecule has 0 radical (unpaired) electrons. The predicted octanol–water partition coefficient (Wildman–Crippen LogP) is 2.38. The molecule has 0 atom stereocenters. The van der Waals surface area contributed by atoms with Gasteiger partial charge in [0.25, 0.3) is 0 Å². The summed E-state index contributed by atoms with van der Waals surface area (Å²) in [5.41, 5.74) is -0.114. The maximum Gasteiger partial charge on any atom is 0.218 e. The van der Waals surface area contributed by atoms with Crippen molar-refractivity contribution >= 4 is 17.4 Å². The summed E-state index contributed by atoms with van der Waals surface area (Å²) in [6, 6.07) is 6.96. The first-order chi connectivity index (χ1) is 8.09. The topological polar surface area (TPSA) is 70.4 Å². The lowest BCUT2D eigenvalue weighted by Crippen LogP contribution is -2.04. The molecule has 0 amide bonds. The van der Waals surface area contributed by atoms with E-state index in [2.05, 4.69) is 4.98 Å². The minimum atomic E-state index is -0.580. The lowest BCUT2D eigenvalue weighted by Gasteiger charge is -2.05. The summed E-state index contributed by atoms with van der Waals surface area (Å²) in [6.45, 7) is 0. The number of pyridine rings is 1. The number of rotatable bonds is 2. The number of carbonyl (C=O) groups excluding carboxylic acids is 1. The Labute approximate surface area is 102 Å². The Morgan fingerprint density at radius 1 is 1.18 bits per heavy atom. The average molecular weight is 250 g/mol. The van der Waals surface area contributed by atoms with E-state index in [1.165, 1.54) is 36.5 Å². The maximum atomic E-state index is 12.0. The molecule has 0 saturated heterocycles. The van der Waals surface area contributed by atoms with Crippen molar-refractivity contribution in [3.05, 3.63) is 52.8 Å². The molecule has 17 heavy (non-hydrogen) atoms. The van der Waals surface area contributed by atoms with Gasteiger partial charge in [0, 0.05) is 11.2 Å². The van der Waals surface area contributed by atoms with Gasteiger partial charge >= 0.3 is 0 Å². The second-order valence-electron chi connectivity index (χ2n) is 3.36. The third-order valence-electron chi connectivity index (χ3n) is 2.20. The zero-order valence-corrected chi connectivity index (χ0v) is 9.35. The van der Waals surface area contributed by atoms with Crippen molar-refractivity contribution in [2.45, 2.75) is 0 Å². The van der Waals surface area contributed by atoms with E-state index in [4.69, 9.17) is 11.6 Å². The summed E-state index contributed by atoms with van der Waals surface area (Å²) in [7, 11) is 0. The van der Waals surface area contributed by atoms with Crippen LogP contribution in [0.15, 0.2) is 36.5 Å². The summed E-state index contributed by atoms with van der Waals surface area (Å²) < 4.78 is 0. The normalized spacial score (nSPS) is 10.2. The number of aromatic nitrogens is 1. The lowest BCUT2D eigenvalue weighted by molar-refractivity contribution is 0.102. The highest BCUT2D eigenvalue weighted by atomic mass is 35.5. The zero-order chi connectivity index (χ0) is 12.4. The molecule has 2 rings (SSSR count). The van der Waals surface area contributed by atoms with Crippen LogP contribution in [0, 0.1) is 0 Å². The first-order valence-corrected chi connectivity index (χ1v) is 5.14. The van der Waals surface area contributed by atoms with E-state index in [-0.39, 0.29) is 22.8 Å². The fourth-order valence-corrected chi connectivity index (χ4v) is 1.56. The molecule has 1 heterocycles. The average Bonchev–Trinajstić information content (AvgIpc) is 2.32. The summed E-state index contributed by atoms with van der Waals surface area (Å²) in [6.07, 6.45) is 1.38. The second-order valence-corrected chi connectivity index (χ2v) is 3.80. The molecule has 0 fully saturated rings. The molecule has 0 bridgehead atoms. The minimum absolute atomic E-state index is 0.00602. The summed E-state index contributed by atoms with van der Waals surface area (Å²) in [5.74, 6) is -1.02. The second kappa shape index (κ2) is 4.43. The van der Waals surface area contributed by atoms with Gasteiger partial charge in [0.05, 0.1) is 5.56 Å². The fraction of sp³-hybridized carbons (Fsp3) is 0. The summed E-state index contributed by atoms with van der Waals surface area (Å²) >= 11 is 5.74. The van der Waals surface area contributed by atoms with Crippen LogP contribution in [0.25, 0.3) is 0 Å². The summed E-state index contributed by atoms with van der Waals surface area (Å²) in [5, 5.41) is 19.4. The van der Waals surface area contributed by atoms with Crippen LogP contribution >= 0.6 is 11.6 Å². The highest BCUT2D eigenvalue weighted by Gasteiger charge is 2.18. The molecular weight excluding hydrogens is 242 g/mol. The molecule has 4 nitrogen and oxygen atoms in total. The third kappa shape index (κ3) is 2.21. The van der Waals surface area contributed by atoms with Crippen LogP contribution in [0.2, 0.25) is 5.02 Å². The van der Waals surface area contributed by atoms with Crippen LogP contribution in [0.3, 0.4) is 0 Å². The van der Waals surface area contributed by atoms with Gasteiger partial charge in [-0.1, -0.05) is 11.6 Å².